The second-order valence-electron chi connectivity index (χ2n) is 5.34. The average molecular weight is 334 g/mol. The monoisotopic (exact) mass is 334 g/mol. The molecule has 10 nitrogen and oxygen atoms in total. The number of rotatable bonds is 7. The second-order valence-corrected chi connectivity index (χ2v) is 5.34. The fraction of sp³-hybridized carbons (Fsp3) is 0.429. The van der Waals surface area contributed by atoms with Crippen molar-refractivity contribution in [3.8, 4) is 0 Å². The SMILES string of the molecule is Nc1nc(NCC2CCCO2)nc(NCc2ccco2)c1[N+](=O)[O-]. The van der Waals surface area contributed by atoms with E-state index in [0.29, 0.717) is 12.3 Å². The molecule has 0 aliphatic carbocycles. The number of anilines is 3. The lowest BCUT2D eigenvalue weighted by Gasteiger charge is -2.12. The van der Waals surface area contributed by atoms with Gasteiger partial charge in [0.2, 0.25) is 17.6 Å². The molecule has 3 rings (SSSR count). The van der Waals surface area contributed by atoms with Crippen molar-refractivity contribution in [1.29, 1.82) is 0 Å². The number of hydrogen-bond donors (Lipinski definition) is 3. The average Bonchev–Trinajstić information content (AvgIpc) is 3.23. The summed E-state index contributed by atoms with van der Waals surface area (Å²) >= 11 is 0. The van der Waals surface area contributed by atoms with Gasteiger partial charge >= 0.3 is 5.69 Å². The third kappa shape index (κ3) is 3.71. The Labute approximate surface area is 137 Å². The predicted octanol–water partition coefficient (Wildman–Crippen LogP) is 1.76. The predicted molar refractivity (Wildman–Crippen MR) is 86.6 cm³/mol. The highest BCUT2D eigenvalue weighted by Gasteiger charge is 2.24. The molecule has 128 valence electrons. The van der Waals surface area contributed by atoms with Crippen molar-refractivity contribution < 1.29 is 14.1 Å². The van der Waals surface area contributed by atoms with E-state index in [2.05, 4.69) is 20.6 Å². The summed E-state index contributed by atoms with van der Waals surface area (Å²) in [6, 6.07) is 3.48. The van der Waals surface area contributed by atoms with Gasteiger partial charge in [0, 0.05) is 13.2 Å². The first-order valence-electron chi connectivity index (χ1n) is 7.57. The smallest absolute Gasteiger partial charge is 0.353 e. The molecule has 2 aromatic heterocycles. The first-order chi connectivity index (χ1) is 11.6. The van der Waals surface area contributed by atoms with E-state index in [1.54, 1.807) is 12.1 Å². The van der Waals surface area contributed by atoms with Crippen molar-refractivity contribution in [1.82, 2.24) is 9.97 Å². The number of nitrogens with one attached hydrogen (secondary N) is 2. The summed E-state index contributed by atoms with van der Waals surface area (Å²) in [6.45, 7) is 1.51. The lowest BCUT2D eigenvalue weighted by atomic mass is 10.2. The first kappa shape index (κ1) is 16.0. The third-order valence-electron chi connectivity index (χ3n) is 3.62. The number of aromatic nitrogens is 2. The van der Waals surface area contributed by atoms with Crippen LogP contribution in [-0.4, -0.2) is 34.1 Å². The van der Waals surface area contributed by atoms with Crippen LogP contribution in [0.1, 0.15) is 18.6 Å². The van der Waals surface area contributed by atoms with Gasteiger partial charge in [-0.1, -0.05) is 0 Å². The largest absolute Gasteiger partial charge is 0.467 e. The van der Waals surface area contributed by atoms with Gasteiger partial charge in [-0.2, -0.15) is 9.97 Å². The fourth-order valence-electron chi connectivity index (χ4n) is 2.45. The van der Waals surface area contributed by atoms with Gasteiger partial charge < -0.3 is 25.5 Å². The normalized spacial score (nSPS) is 16.9. The van der Waals surface area contributed by atoms with E-state index < -0.39 is 4.92 Å². The molecule has 0 saturated carbocycles. The van der Waals surface area contributed by atoms with E-state index in [9.17, 15) is 10.1 Å². The molecule has 0 aromatic carbocycles. The lowest BCUT2D eigenvalue weighted by molar-refractivity contribution is -0.383. The molecule has 1 aliphatic heterocycles. The molecule has 0 radical (unpaired) electrons. The van der Waals surface area contributed by atoms with Crippen molar-refractivity contribution in [2.45, 2.75) is 25.5 Å². The second kappa shape index (κ2) is 7.13. The van der Waals surface area contributed by atoms with E-state index >= 15 is 0 Å². The Morgan fingerprint density at radius 1 is 1.42 bits per heavy atom. The lowest BCUT2D eigenvalue weighted by Crippen LogP contribution is -2.20. The van der Waals surface area contributed by atoms with E-state index in [4.69, 9.17) is 14.9 Å². The van der Waals surface area contributed by atoms with Gasteiger partial charge in [-0.3, -0.25) is 10.1 Å². The number of hydrogen-bond acceptors (Lipinski definition) is 9. The topological polar surface area (TPSA) is 141 Å². The zero-order chi connectivity index (χ0) is 16.9. The Morgan fingerprint density at radius 3 is 2.96 bits per heavy atom. The minimum atomic E-state index is -0.607. The summed E-state index contributed by atoms with van der Waals surface area (Å²) in [5.41, 5.74) is 5.37. The van der Waals surface area contributed by atoms with Crippen molar-refractivity contribution in [3.63, 3.8) is 0 Å². The van der Waals surface area contributed by atoms with Gasteiger partial charge in [0.05, 0.1) is 23.8 Å². The highest BCUT2D eigenvalue weighted by atomic mass is 16.6. The van der Waals surface area contributed by atoms with E-state index in [-0.39, 0.29) is 35.9 Å². The van der Waals surface area contributed by atoms with Crippen LogP contribution in [0.2, 0.25) is 0 Å². The standard InChI is InChI=1S/C14H18N6O4/c15-12-11(20(21)22)13(16-7-9-3-1-5-23-9)19-14(18-12)17-8-10-4-2-6-24-10/h1,3,5,10H,2,4,6-8H2,(H4,15,16,17,18,19). The van der Waals surface area contributed by atoms with Gasteiger partial charge in [0.15, 0.2) is 0 Å². The van der Waals surface area contributed by atoms with E-state index in [1.165, 1.54) is 6.26 Å². The molecule has 1 unspecified atom stereocenters. The molecular formula is C14H18N6O4. The molecule has 3 heterocycles. The molecule has 0 amide bonds. The van der Waals surface area contributed by atoms with Crippen LogP contribution in [0, 0.1) is 10.1 Å². The van der Waals surface area contributed by atoms with Crippen molar-refractivity contribution in [3.05, 3.63) is 34.3 Å². The number of nitro groups is 1. The minimum Gasteiger partial charge on any atom is -0.467 e. The molecule has 10 heteroatoms. The molecule has 0 bridgehead atoms. The van der Waals surface area contributed by atoms with Gasteiger partial charge in [-0.25, -0.2) is 0 Å². The van der Waals surface area contributed by atoms with Crippen molar-refractivity contribution in [2.24, 2.45) is 0 Å². The Kier molecular flexibility index (Phi) is 4.75. The summed E-state index contributed by atoms with van der Waals surface area (Å²) in [5, 5.41) is 17.1. The van der Waals surface area contributed by atoms with Crippen molar-refractivity contribution >= 4 is 23.3 Å². The molecule has 1 saturated heterocycles. The Morgan fingerprint density at radius 2 is 2.29 bits per heavy atom. The molecule has 2 aromatic rings. The molecule has 1 atom stereocenters. The van der Waals surface area contributed by atoms with E-state index in [1.807, 2.05) is 0 Å². The van der Waals surface area contributed by atoms with Crippen LogP contribution in [-0.2, 0) is 11.3 Å². The highest BCUT2D eigenvalue weighted by molar-refractivity contribution is 5.69. The van der Waals surface area contributed by atoms with Crippen molar-refractivity contribution in [2.75, 3.05) is 29.5 Å². The highest BCUT2D eigenvalue weighted by Crippen LogP contribution is 2.29. The summed E-state index contributed by atoms with van der Waals surface area (Å²) < 4.78 is 10.7. The van der Waals surface area contributed by atoms with Crippen LogP contribution in [0.15, 0.2) is 22.8 Å². The zero-order valence-corrected chi connectivity index (χ0v) is 12.9. The molecular weight excluding hydrogens is 316 g/mol. The summed E-state index contributed by atoms with van der Waals surface area (Å²) in [4.78, 5) is 18.7. The Bertz CT molecular complexity index is 700. The molecule has 1 fully saturated rings. The Hall–Kier alpha value is -2.88. The number of nitrogen functional groups attached to an aromatic ring is 1. The van der Waals surface area contributed by atoms with E-state index in [0.717, 1.165) is 19.4 Å². The van der Waals surface area contributed by atoms with Gasteiger partial charge in [-0.15, -0.1) is 0 Å². The van der Waals surface area contributed by atoms with Gasteiger partial charge in [0.1, 0.15) is 5.76 Å². The summed E-state index contributed by atoms with van der Waals surface area (Å²) in [7, 11) is 0. The number of furan rings is 1. The van der Waals surface area contributed by atoms with Crippen LogP contribution in [0.25, 0.3) is 0 Å². The molecule has 0 spiro atoms. The summed E-state index contributed by atoms with van der Waals surface area (Å²) in [6.07, 6.45) is 3.59. The quantitative estimate of drug-likeness (QED) is 0.510. The maximum atomic E-state index is 11.2. The van der Waals surface area contributed by atoms with Crippen LogP contribution in [0.5, 0.6) is 0 Å². The molecule has 24 heavy (non-hydrogen) atoms. The maximum absolute atomic E-state index is 11.2. The van der Waals surface area contributed by atoms with Crippen LogP contribution >= 0.6 is 0 Å². The molecule has 4 N–H and O–H groups in total. The number of ether oxygens (including phenoxy) is 1. The van der Waals surface area contributed by atoms with Crippen LogP contribution < -0.4 is 16.4 Å². The fourth-order valence-corrected chi connectivity index (χ4v) is 2.45. The van der Waals surface area contributed by atoms with Gasteiger partial charge in [-0.05, 0) is 25.0 Å². The summed E-state index contributed by atoms with van der Waals surface area (Å²) in [5.74, 6) is 0.677. The zero-order valence-electron chi connectivity index (χ0n) is 12.9. The maximum Gasteiger partial charge on any atom is 0.353 e. The van der Waals surface area contributed by atoms with Gasteiger partial charge in [0.25, 0.3) is 0 Å². The molecule has 1 aliphatic rings. The Balaban J connectivity index is 1.76. The van der Waals surface area contributed by atoms with Crippen LogP contribution in [0.4, 0.5) is 23.3 Å². The first-order valence-corrected chi connectivity index (χ1v) is 7.57. The minimum absolute atomic E-state index is 0.0405. The number of nitrogens with two attached hydrogens (primary N) is 1. The third-order valence-corrected chi connectivity index (χ3v) is 3.62. The van der Waals surface area contributed by atoms with Crippen LogP contribution in [0.3, 0.4) is 0 Å². The number of nitrogens with zero attached hydrogens (tertiary/aromatic N) is 3.